The molecule has 0 aliphatic carbocycles. The van der Waals surface area contributed by atoms with Gasteiger partial charge in [0, 0.05) is 10.5 Å². The van der Waals surface area contributed by atoms with Crippen molar-refractivity contribution in [1.82, 2.24) is 0 Å². The van der Waals surface area contributed by atoms with Crippen LogP contribution in [-0.2, 0) is 9.53 Å². The summed E-state index contributed by atoms with van der Waals surface area (Å²) >= 11 is 1.52. The number of esters is 1. The lowest BCUT2D eigenvalue weighted by Crippen LogP contribution is -2.25. The number of hydrogen-bond acceptors (Lipinski definition) is 7. The summed E-state index contributed by atoms with van der Waals surface area (Å²) in [6.45, 7) is -0.491. The highest BCUT2D eigenvalue weighted by molar-refractivity contribution is 7.98. The van der Waals surface area contributed by atoms with Crippen molar-refractivity contribution >= 4 is 35.1 Å². The van der Waals surface area contributed by atoms with E-state index in [0.29, 0.717) is 22.7 Å². The van der Waals surface area contributed by atoms with Crippen molar-refractivity contribution in [3.05, 3.63) is 47.5 Å². The fraction of sp³-hybridized carbons (Fsp3) is 0.211. The number of amides is 1. The third kappa shape index (κ3) is 4.22. The van der Waals surface area contributed by atoms with Crippen molar-refractivity contribution < 1.29 is 28.6 Å². The summed E-state index contributed by atoms with van der Waals surface area (Å²) in [6.07, 6.45) is 1.91. The Morgan fingerprint density at radius 3 is 2.78 bits per heavy atom. The van der Waals surface area contributed by atoms with Crippen LogP contribution < -0.4 is 14.8 Å². The van der Waals surface area contributed by atoms with Gasteiger partial charge in [0.2, 0.25) is 0 Å². The molecule has 8 heteroatoms. The predicted octanol–water partition coefficient (Wildman–Crippen LogP) is 2.79. The monoisotopic (exact) mass is 387 g/mol. The number of ether oxygens (including phenoxy) is 3. The van der Waals surface area contributed by atoms with Crippen LogP contribution in [-0.4, -0.2) is 44.2 Å². The van der Waals surface area contributed by atoms with Gasteiger partial charge in [-0.3, -0.25) is 9.59 Å². The van der Waals surface area contributed by atoms with Crippen LogP contribution in [0.1, 0.15) is 20.7 Å². The first-order valence-electron chi connectivity index (χ1n) is 8.01. The van der Waals surface area contributed by atoms with Gasteiger partial charge in [-0.1, -0.05) is 0 Å². The maximum Gasteiger partial charge on any atom is 0.342 e. The molecule has 0 aromatic heterocycles. The van der Waals surface area contributed by atoms with E-state index in [1.807, 2.05) is 6.26 Å². The summed E-state index contributed by atoms with van der Waals surface area (Å²) in [5, 5.41) is 2.63. The number of fused-ring (bicyclic) bond motifs is 1. The van der Waals surface area contributed by atoms with Gasteiger partial charge in [0.15, 0.2) is 19.0 Å². The number of rotatable bonds is 6. The largest absolute Gasteiger partial charge is 0.496 e. The molecule has 140 valence electrons. The minimum atomic E-state index is -0.651. The first-order valence-corrected chi connectivity index (χ1v) is 9.23. The number of carbonyl (C=O) groups excluding carboxylic acids is 3. The number of ketones is 1. The van der Waals surface area contributed by atoms with Gasteiger partial charge < -0.3 is 19.5 Å². The summed E-state index contributed by atoms with van der Waals surface area (Å²) in [5.41, 5.74) is 0.962. The molecule has 0 spiro atoms. The minimum Gasteiger partial charge on any atom is -0.496 e. The number of hydrogen-bond donors (Lipinski definition) is 1. The van der Waals surface area contributed by atoms with E-state index in [2.05, 4.69) is 5.32 Å². The first-order chi connectivity index (χ1) is 13.0. The van der Waals surface area contributed by atoms with E-state index in [1.54, 1.807) is 30.3 Å². The molecule has 7 nitrogen and oxygen atoms in total. The normalized spacial score (nSPS) is 12.4. The fourth-order valence-electron chi connectivity index (χ4n) is 2.52. The van der Waals surface area contributed by atoms with Crippen LogP contribution in [0.25, 0.3) is 0 Å². The summed E-state index contributed by atoms with van der Waals surface area (Å²) in [5.74, 6) is -0.470. The molecule has 0 saturated heterocycles. The maximum absolute atomic E-state index is 12.3. The molecule has 2 aromatic carbocycles. The third-order valence-corrected chi connectivity index (χ3v) is 4.62. The van der Waals surface area contributed by atoms with Crippen LogP contribution >= 0.6 is 11.8 Å². The molecule has 0 atom stereocenters. The SMILES string of the molecule is COc1cc(SC)ccc1C(=O)OCC(=O)c1ccc2c(c1)NC(=O)CO2. The molecular formula is C19H17NO6S. The van der Waals surface area contributed by atoms with Crippen molar-refractivity contribution in [1.29, 1.82) is 0 Å². The average Bonchev–Trinajstić information content (AvgIpc) is 2.70. The van der Waals surface area contributed by atoms with E-state index in [0.717, 1.165) is 4.90 Å². The van der Waals surface area contributed by atoms with E-state index in [9.17, 15) is 14.4 Å². The van der Waals surface area contributed by atoms with Crippen molar-refractivity contribution in [3.8, 4) is 11.5 Å². The second-order valence-corrected chi connectivity index (χ2v) is 6.49. The third-order valence-electron chi connectivity index (χ3n) is 3.90. The Labute approximate surface area is 160 Å². The second kappa shape index (κ2) is 8.13. The molecule has 1 heterocycles. The molecular weight excluding hydrogens is 370 g/mol. The zero-order valence-electron chi connectivity index (χ0n) is 14.7. The van der Waals surface area contributed by atoms with Crippen molar-refractivity contribution in [3.63, 3.8) is 0 Å². The molecule has 0 bridgehead atoms. The van der Waals surface area contributed by atoms with E-state index in [1.165, 1.54) is 24.9 Å². The van der Waals surface area contributed by atoms with Crippen molar-refractivity contribution in [2.45, 2.75) is 4.90 Å². The lowest BCUT2D eigenvalue weighted by molar-refractivity contribution is -0.118. The molecule has 3 rings (SSSR count). The number of benzene rings is 2. The number of thioether (sulfide) groups is 1. The molecule has 1 N–H and O–H groups in total. The van der Waals surface area contributed by atoms with Gasteiger partial charge in [-0.2, -0.15) is 0 Å². The summed E-state index contributed by atoms with van der Waals surface area (Å²) in [4.78, 5) is 37.0. The van der Waals surface area contributed by atoms with Crippen molar-refractivity contribution in [2.75, 3.05) is 31.9 Å². The standard InChI is InChI=1S/C19H17NO6S/c1-24-17-8-12(27-2)4-5-13(17)19(23)26-9-15(21)11-3-6-16-14(7-11)20-18(22)10-25-16/h3-8H,9-10H2,1-2H3,(H,20,22). The Balaban J connectivity index is 1.68. The Bertz CT molecular complexity index is 911. The van der Waals surface area contributed by atoms with Crippen LogP contribution in [0.2, 0.25) is 0 Å². The minimum absolute atomic E-state index is 0.0604. The Morgan fingerprint density at radius 1 is 1.22 bits per heavy atom. The highest BCUT2D eigenvalue weighted by atomic mass is 32.2. The van der Waals surface area contributed by atoms with Gasteiger partial charge >= 0.3 is 5.97 Å². The summed E-state index contributed by atoms with van der Waals surface area (Å²) in [7, 11) is 1.46. The first kappa shape index (κ1) is 18.8. The molecule has 1 aliphatic rings. The quantitative estimate of drug-likeness (QED) is 0.463. The van der Waals surface area contributed by atoms with Gasteiger partial charge in [0.1, 0.15) is 17.1 Å². The second-order valence-electron chi connectivity index (χ2n) is 5.61. The number of nitrogens with one attached hydrogen (secondary N) is 1. The Morgan fingerprint density at radius 2 is 2.04 bits per heavy atom. The molecule has 0 fully saturated rings. The number of carbonyl (C=O) groups is 3. The zero-order chi connectivity index (χ0) is 19.4. The molecule has 0 saturated carbocycles. The zero-order valence-corrected chi connectivity index (χ0v) is 15.6. The number of methoxy groups -OCH3 is 1. The Hall–Kier alpha value is -3.00. The highest BCUT2D eigenvalue weighted by Crippen LogP contribution is 2.29. The fourth-order valence-corrected chi connectivity index (χ4v) is 2.94. The molecule has 0 unspecified atom stereocenters. The van der Waals surface area contributed by atoms with E-state index in [4.69, 9.17) is 14.2 Å². The smallest absolute Gasteiger partial charge is 0.342 e. The van der Waals surface area contributed by atoms with E-state index >= 15 is 0 Å². The molecule has 1 aliphatic heterocycles. The maximum atomic E-state index is 12.3. The van der Waals surface area contributed by atoms with Gasteiger partial charge in [-0.05, 0) is 42.7 Å². The molecule has 27 heavy (non-hydrogen) atoms. The topological polar surface area (TPSA) is 90.9 Å². The van der Waals surface area contributed by atoms with E-state index < -0.39 is 18.4 Å². The Kier molecular flexibility index (Phi) is 5.66. The summed E-state index contributed by atoms with van der Waals surface area (Å²) < 4.78 is 15.6. The lowest BCUT2D eigenvalue weighted by Gasteiger charge is -2.18. The summed E-state index contributed by atoms with van der Waals surface area (Å²) in [6, 6.07) is 9.75. The van der Waals surface area contributed by atoms with Crippen LogP contribution in [0.4, 0.5) is 5.69 Å². The molecule has 0 radical (unpaired) electrons. The van der Waals surface area contributed by atoms with Gasteiger partial charge in [-0.25, -0.2) is 4.79 Å². The van der Waals surface area contributed by atoms with Crippen LogP contribution in [0.15, 0.2) is 41.3 Å². The van der Waals surface area contributed by atoms with Gasteiger partial charge in [0.05, 0.1) is 12.8 Å². The average molecular weight is 387 g/mol. The molecule has 2 aromatic rings. The van der Waals surface area contributed by atoms with Crippen LogP contribution in [0.5, 0.6) is 11.5 Å². The van der Waals surface area contributed by atoms with Gasteiger partial charge in [0.25, 0.3) is 5.91 Å². The van der Waals surface area contributed by atoms with Crippen LogP contribution in [0, 0.1) is 0 Å². The highest BCUT2D eigenvalue weighted by Gasteiger charge is 2.20. The molecule has 1 amide bonds. The van der Waals surface area contributed by atoms with Gasteiger partial charge in [-0.15, -0.1) is 11.8 Å². The van der Waals surface area contributed by atoms with Crippen molar-refractivity contribution in [2.24, 2.45) is 0 Å². The predicted molar refractivity (Wildman–Crippen MR) is 100.0 cm³/mol. The number of anilines is 1. The lowest BCUT2D eigenvalue weighted by atomic mass is 10.1. The number of Topliss-reactive ketones (excluding diaryl/α,β-unsaturated/α-hetero) is 1. The van der Waals surface area contributed by atoms with E-state index in [-0.39, 0.29) is 18.1 Å². The van der Waals surface area contributed by atoms with Crippen LogP contribution in [0.3, 0.4) is 0 Å².